The third-order valence-corrected chi connectivity index (χ3v) is 2.77. The minimum Gasteiger partial charge on any atom is -0.381 e. The molecule has 0 saturated carbocycles. The van der Waals surface area contributed by atoms with Crippen LogP contribution in [-0.4, -0.2) is 15.7 Å². The molecule has 1 saturated heterocycles. The van der Waals surface area contributed by atoms with Crippen LogP contribution >= 0.6 is 0 Å². The first kappa shape index (κ1) is 11.1. The standard InChI is InChI=1S/C10H14FN3O2/c1-5-3-6(2)16-9(5)14-4-7(11)8(12)13-10(14)15/h4-6,9H,3H2,1-2H3,(H2,12,13,15). The SMILES string of the molecule is CC1CC(C)C(n2cc(F)c(N)nc2=O)O1. The van der Waals surface area contributed by atoms with Gasteiger partial charge >= 0.3 is 5.69 Å². The number of rotatable bonds is 1. The van der Waals surface area contributed by atoms with Crippen LogP contribution in [0.3, 0.4) is 0 Å². The molecule has 1 aliphatic rings. The third kappa shape index (κ3) is 1.80. The number of hydrogen-bond acceptors (Lipinski definition) is 4. The molecule has 3 atom stereocenters. The number of hydrogen-bond donors (Lipinski definition) is 1. The molecule has 0 bridgehead atoms. The summed E-state index contributed by atoms with van der Waals surface area (Å²) in [6, 6.07) is 0. The number of aromatic nitrogens is 2. The van der Waals surface area contributed by atoms with Crippen molar-refractivity contribution < 1.29 is 9.13 Å². The van der Waals surface area contributed by atoms with Crippen LogP contribution in [0.25, 0.3) is 0 Å². The van der Waals surface area contributed by atoms with E-state index in [0.717, 1.165) is 12.6 Å². The van der Waals surface area contributed by atoms with Gasteiger partial charge in [0.2, 0.25) is 0 Å². The highest BCUT2D eigenvalue weighted by Crippen LogP contribution is 2.32. The molecule has 0 radical (unpaired) electrons. The lowest BCUT2D eigenvalue weighted by Crippen LogP contribution is -2.30. The minimum absolute atomic E-state index is 0.0625. The summed E-state index contributed by atoms with van der Waals surface area (Å²) in [5.41, 5.74) is 4.63. The molecule has 16 heavy (non-hydrogen) atoms. The molecule has 1 aromatic rings. The number of nitrogen functional groups attached to an aromatic ring is 1. The molecule has 0 aromatic carbocycles. The average Bonchev–Trinajstić information content (AvgIpc) is 2.51. The average molecular weight is 227 g/mol. The van der Waals surface area contributed by atoms with Crippen molar-refractivity contribution in [3.05, 3.63) is 22.5 Å². The van der Waals surface area contributed by atoms with Crippen LogP contribution in [-0.2, 0) is 4.74 Å². The van der Waals surface area contributed by atoms with Gasteiger partial charge in [0.25, 0.3) is 0 Å². The number of ether oxygens (including phenoxy) is 1. The Labute approximate surface area is 92.0 Å². The van der Waals surface area contributed by atoms with Crippen LogP contribution in [0.4, 0.5) is 10.2 Å². The first-order chi connectivity index (χ1) is 7.49. The second-order valence-electron chi connectivity index (χ2n) is 4.21. The van der Waals surface area contributed by atoms with Crippen molar-refractivity contribution in [2.24, 2.45) is 5.92 Å². The molecule has 1 fully saturated rings. The molecular formula is C10H14FN3O2. The van der Waals surface area contributed by atoms with Crippen LogP contribution in [0.1, 0.15) is 26.5 Å². The van der Waals surface area contributed by atoms with E-state index in [1.165, 1.54) is 4.57 Å². The molecule has 3 unspecified atom stereocenters. The molecule has 2 heterocycles. The van der Waals surface area contributed by atoms with Gasteiger partial charge in [-0.1, -0.05) is 6.92 Å². The van der Waals surface area contributed by atoms with Crippen molar-refractivity contribution in [1.29, 1.82) is 0 Å². The maximum atomic E-state index is 13.2. The monoisotopic (exact) mass is 227 g/mol. The molecular weight excluding hydrogens is 213 g/mol. The van der Waals surface area contributed by atoms with Crippen LogP contribution in [0.15, 0.2) is 11.0 Å². The van der Waals surface area contributed by atoms with Crippen molar-refractivity contribution in [3.63, 3.8) is 0 Å². The largest absolute Gasteiger partial charge is 0.381 e. The predicted molar refractivity (Wildman–Crippen MR) is 56.2 cm³/mol. The maximum absolute atomic E-state index is 13.2. The summed E-state index contributed by atoms with van der Waals surface area (Å²) in [4.78, 5) is 15.0. The topological polar surface area (TPSA) is 70.1 Å². The predicted octanol–water partition coefficient (Wildman–Crippen LogP) is 0.908. The highest BCUT2D eigenvalue weighted by Gasteiger charge is 2.32. The molecule has 1 aromatic heterocycles. The van der Waals surface area contributed by atoms with Crippen LogP contribution in [0.5, 0.6) is 0 Å². The van der Waals surface area contributed by atoms with E-state index in [1.54, 1.807) is 0 Å². The maximum Gasteiger partial charge on any atom is 0.351 e. The summed E-state index contributed by atoms with van der Waals surface area (Å²) in [6.45, 7) is 3.87. The molecule has 0 spiro atoms. The summed E-state index contributed by atoms with van der Waals surface area (Å²) in [6.07, 6.45) is 1.50. The number of nitrogens with zero attached hydrogens (tertiary/aromatic N) is 2. The summed E-state index contributed by atoms with van der Waals surface area (Å²) in [5.74, 6) is -0.924. The Morgan fingerprint density at radius 1 is 1.62 bits per heavy atom. The summed E-state index contributed by atoms with van der Waals surface area (Å²) >= 11 is 0. The van der Waals surface area contributed by atoms with E-state index in [1.807, 2.05) is 13.8 Å². The van der Waals surface area contributed by atoms with Gasteiger partial charge in [-0.3, -0.25) is 4.57 Å². The second kappa shape index (κ2) is 3.86. The highest BCUT2D eigenvalue weighted by atomic mass is 19.1. The van der Waals surface area contributed by atoms with E-state index in [2.05, 4.69) is 4.98 Å². The van der Waals surface area contributed by atoms with Gasteiger partial charge in [-0.2, -0.15) is 4.98 Å². The molecule has 1 aliphatic heterocycles. The Morgan fingerprint density at radius 3 is 2.88 bits per heavy atom. The van der Waals surface area contributed by atoms with Crippen molar-refractivity contribution in [2.75, 3.05) is 5.73 Å². The number of nitrogens with two attached hydrogens (primary N) is 1. The molecule has 0 aliphatic carbocycles. The normalized spacial score (nSPS) is 29.6. The molecule has 2 N–H and O–H groups in total. The summed E-state index contributed by atoms with van der Waals surface area (Å²) in [7, 11) is 0. The third-order valence-electron chi connectivity index (χ3n) is 2.77. The smallest absolute Gasteiger partial charge is 0.351 e. The Balaban J connectivity index is 2.41. The Bertz CT molecular complexity index is 460. The van der Waals surface area contributed by atoms with E-state index in [9.17, 15) is 9.18 Å². The van der Waals surface area contributed by atoms with E-state index >= 15 is 0 Å². The lowest BCUT2D eigenvalue weighted by Gasteiger charge is -2.17. The van der Waals surface area contributed by atoms with Crippen LogP contribution in [0, 0.1) is 11.7 Å². The Kier molecular flexibility index (Phi) is 2.67. The van der Waals surface area contributed by atoms with E-state index in [-0.39, 0.29) is 17.8 Å². The zero-order chi connectivity index (χ0) is 11.9. The summed E-state index contributed by atoms with van der Waals surface area (Å²) in [5, 5.41) is 0. The molecule has 2 rings (SSSR count). The first-order valence-corrected chi connectivity index (χ1v) is 5.18. The lowest BCUT2D eigenvalue weighted by molar-refractivity contribution is -0.00601. The molecule has 88 valence electrons. The van der Waals surface area contributed by atoms with Crippen molar-refractivity contribution in [1.82, 2.24) is 9.55 Å². The van der Waals surface area contributed by atoms with Gasteiger partial charge in [0, 0.05) is 5.92 Å². The Morgan fingerprint density at radius 2 is 2.31 bits per heavy atom. The van der Waals surface area contributed by atoms with Crippen LogP contribution < -0.4 is 11.4 Å². The van der Waals surface area contributed by atoms with Crippen molar-refractivity contribution in [2.45, 2.75) is 32.6 Å². The van der Waals surface area contributed by atoms with E-state index < -0.39 is 17.7 Å². The fraction of sp³-hybridized carbons (Fsp3) is 0.600. The molecule has 5 nitrogen and oxygen atoms in total. The van der Waals surface area contributed by atoms with Gasteiger partial charge in [0.1, 0.15) is 6.23 Å². The van der Waals surface area contributed by atoms with Gasteiger partial charge in [0.15, 0.2) is 11.6 Å². The minimum atomic E-state index is -0.699. The molecule has 0 amide bonds. The first-order valence-electron chi connectivity index (χ1n) is 5.18. The molecule has 6 heteroatoms. The lowest BCUT2D eigenvalue weighted by atomic mass is 10.1. The zero-order valence-electron chi connectivity index (χ0n) is 9.18. The summed E-state index contributed by atoms with van der Waals surface area (Å²) < 4.78 is 20.0. The van der Waals surface area contributed by atoms with Gasteiger partial charge in [-0.05, 0) is 13.3 Å². The quantitative estimate of drug-likeness (QED) is 0.774. The fourth-order valence-electron chi connectivity index (χ4n) is 2.05. The Hall–Kier alpha value is -1.43. The van der Waals surface area contributed by atoms with Crippen molar-refractivity contribution >= 4 is 5.82 Å². The second-order valence-corrected chi connectivity index (χ2v) is 4.21. The van der Waals surface area contributed by atoms with E-state index in [4.69, 9.17) is 10.5 Å². The van der Waals surface area contributed by atoms with Gasteiger partial charge in [0.05, 0.1) is 12.3 Å². The van der Waals surface area contributed by atoms with Crippen molar-refractivity contribution in [3.8, 4) is 0 Å². The van der Waals surface area contributed by atoms with Crippen LogP contribution in [0.2, 0.25) is 0 Å². The zero-order valence-corrected chi connectivity index (χ0v) is 9.18. The van der Waals surface area contributed by atoms with E-state index in [0.29, 0.717) is 0 Å². The number of halogens is 1. The van der Waals surface area contributed by atoms with Gasteiger partial charge in [-0.15, -0.1) is 0 Å². The highest BCUT2D eigenvalue weighted by molar-refractivity contribution is 5.26. The fourth-order valence-corrected chi connectivity index (χ4v) is 2.05. The van der Waals surface area contributed by atoms with Gasteiger partial charge in [-0.25, -0.2) is 9.18 Å². The van der Waals surface area contributed by atoms with Gasteiger partial charge < -0.3 is 10.5 Å². The number of anilines is 1.